The largest absolute Gasteiger partial charge is 0.496 e. The van der Waals surface area contributed by atoms with Crippen molar-refractivity contribution in [2.75, 3.05) is 13.7 Å². The summed E-state index contributed by atoms with van der Waals surface area (Å²) in [4.78, 5) is 4.33. The van der Waals surface area contributed by atoms with E-state index < -0.39 is 0 Å². The van der Waals surface area contributed by atoms with Gasteiger partial charge in [0.15, 0.2) is 5.96 Å². The van der Waals surface area contributed by atoms with Crippen molar-refractivity contribution in [3.8, 4) is 5.75 Å². The third kappa shape index (κ3) is 5.87. The van der Waals surface area contributed by atoms with Gasteiger partial charge < -0.3 is 15.8 Å². The average Bonchev–Trinajstić information content (AvgIpc) is 3.19. The Kier molecular flexibility index (Phi) is 7.65. The molecule has 0 aliphatic heterocycles. The van der Waals surface area contributed by atoms with Gasteiger partial charge in [-0.3, -0.25) is 4.99 Å². The van der Waals surface area contributed by atoms with Crippen molar-refractivity contribution >= 4 is 45.9 Å². The molecule has 20 heavy (non-hydrogen) atoms. The molecule has 0 aromatic heterocycles. The Balaban J connectivity index is 0.00000200. The van der Waals surface area contributed by atoms with E-state index in [-0.39, 0.29) is 24.0 Å². The van der Waals surface area contributed by atoms with Crippen LogP contribution in [0.5, 0.6) is 5.75 Å². The maximum absolute atomic E-state index is 5.78. The molecule has 0 amide bonds. The Labute approximate surface area is 145 Å². The maximum atomic E-state index is 5.78. The van der Waals surface area contributed by atoms with Gasteiger partial charge in [0.05, 0.1) is 7.11 Å². The highest BCUT2D eigenvalue weighted by atomic mass is 127. The zero-order valence-electron chi connectivity index (χ0n) is 11.6. The first-order valence-corrected chi connectivity index (χ1v) is 7.37. The molecule has 1 aliphatic rings. The van der Waals surface area contributed by atoms with Gasteiger partial charge in [0.25, 0.3) is 0 Å². The van der Waals surface area contributed by atoms with Crippen molar-refractivity contribution in [3.05, 3.63) is 28.2 Å². The summed E-state index contributed by atoms with van der Waals surface area (Å²) >= 11 is 3.44. The van der Waals surface area contributed by atoms with E-state index >= 15 is 0 Å². The molecule has 0 spiro atoms. The summed E-state index contributed by atoms with van der Waals surface area (Å²) < 4.78 is 6.39. The number of aliphatic imine (C=N–C) groups is 1. The van der Waals surface area contributed by atoms with Crippen LogP contribution in [0.1, 0.15) is 24.8 Å². The second kappa shape index (κ2) is 8.71. The minimum absolute atomic E-state index is 0. The molecular weight excluding hydrogens is 433 g/mol. The maximum Gasteiger partial charge on any atom is 0.188 e. The molecule has 1 fully saturated rings. The van der Waals surface area contributed by atoms with Gasteiger partial charge in [-0.05, 0) is 43.4 Å². The molecule has 0 saturated heterocycles. The van der Waals surface area contributed by atoms with E-state index in [1.165, 1.54) is 18.4 Å². The first kappa shape index (κ1) is 17.6. The number of nitrogens with zero attached hydrogens (tertiary/aromatic N) is 1. The lowest BCUT2D eigenvalue weighted by molar-refractivity contribution is 0.409. The second-order valence-electron chi connectivity index (χ2n) is 4.75. The highest BCUT2D eigenvalue weighted by Crippen LogP contribution is 2.24. The van der Waals surface area contributed by atoms with Gasteiger partial charge in [-0.15, -0.1) is 24.0 Å². The predicted molar refractivity (Wildman–Crippen MR) is 97.1 cm³/mol. The van der Waals surface area contributed by atoms with Crippen LogP contribution in [0.2, 0.25) is 0 Å². The number of ether oxygens (including phenoxy) is 1. The SMILES string of the molecule is COc1cc(Br)ccc1CCCN=C(N)NC1CC1.I. The van der Waals surface area contributed by atoms with E-state index in [0.29, 0.717) is 12.0 Å². The molecule has 2 rings (SSSR count). The molecule has 0 bridgehead atoms. The minimum Gasteiger partial charge on any atom is -0.496 e. The molecule has 4 nitrogen and oxygen atoms in total. The van der Waals surface area contributed by atoms with Gasteiger partial charge in [0.2, 0.25) is 0 Å². The van der Waals surface area contributed by atoms with Gasteiger partial charge in [0, 0.05) is 17.1 Å². The number of methoxy groups -OCH3 is 1. The van der Waals surface area contributed by atoms with E-state index in [1.54, 1.807) is 7.11 Å². The first-order valence-electron chi connectivity index (χ1n) is 6.58. The van der Waals surface area contributed by atoms with Crippen LogP contribution >= 0.6 is 39.9 Å². The second-order valence-corrected chi connectivity index (χ2v) is 5.66. The fourth-order valence-corrected chi connectivity index (χ4v) is 2.22. The van der Waals surface area contributed by atoms with Gasteiger partial charge in [0.1, 0.15) is 5.75 Å². The van der Waals surface area contributed by atoms with Crippen LogP contribution < -0.4 is 15.8 Å². The summed E-state index contributed by atoms with van der Waals surface area (Å²) in [5.41, 5.74) is 6.98. The van der Waals surface area contributed by atoms with Crippen molar-refractivity contribution in [1.82, 2.24) is 5.32 Å². The third-order valence-electron chi connectivity index (χ3n) is 3.06. The number of nitrogens with two attached hydrogens (primary N) is 1. The third-order valence-corrected chi connectivity index (χ3v) is 3.56. The lowest BCUT2D eigenvalue weighted by atomic mass is 10.1. The quantitative estimate of drug-likeness (QED) is 0.301. The monoisotopic (exact) mass is 453 g/mol. The number of benzene rings is 1. The molecule has 112 valence electrons. The smallest absolute Gasteiger partial charge is 0.188 e. The van der Waals surface area contributed by atoms with Crippen LogP contribution in [-0.2, 0) is 6.42 Å². The van der Waals surface area contributed by atoms with Crippen LogP contribution in [0.15, 0.2) is 27.7 Å². The van der Waals surface area contributed by atoms with Crippen molar-refractivity contribution in [2.45, 2.75) is 31.7 Å². The van der Waals surface area contributed by atoms with Gasteiger partial charge >= 0.3 is 0 Å². The Morgan fingerprint density at radius 3 is 2.90 bits per heavy atom. The number of rotatable bonds is 6. The van der Waals surface area contributed by atoms with Gasteiger partial charge in [-0.1, -0.05) is 22.0 Å². The lowest BCUT2D eigenvalue weighted by Gasteiger charge is -2.08. The van der Waals surface area contributed by atoms with Crippen LogP contribution in [0, 0.1) is 0 Å². The Hall–Kier alpha value is -0.500. The molecular formula is C14H21BrIN3O. The highest BCUT2D eigenvalue weighted by molar-refractivity contribution is 14.0. The number of hydrogen-bond donors (Lipinski definition) is 2. The Bertz CT molecular complexity index is 464. The minimum atomic E-state index is 0. The molecule has 1 aromatic carbocycles. The standard InChI is InChI=1S/C14H20BrN3O.HI/c1-19-13-9-11(15)5-4-10(13)3-2-8-17-14(16)18-12-6-7-12;/h4-5,9,12H,2-3,6-8H2,1H3,(H3,16,17,18);1H. The van der Waals surface area contributed by atoms with E-state index in [9.17, 15) is 0 Å². The summed E-state index contributed by atoms with van der Waals surface area (Å²) in [5.74, 6) is 1.49. The first-order chi connectivity index (χ1) is 9.19. The van der Waals surface area contributed by atoms with Gasteiger partial charge in [-0.2, -0.15) is 0 Å². The summed E-state index contributed by atoms with van der Waals surface area (Å²) in [6.45, 7) is 0.741. The molecule has 1 aromatic rings. The number of aryl methyl sites for hydroxylation is 1. The summed E-state index contributed by atoms with van der Waals surface area (Å²) in [5, 5.41) is 3.18. The average molecular weight is 454 g/mol. The Morgan fingerprint density at radius 1 is 1.50 bits per heavy atom. The number of halogens is 2. The normalized spacial score (nSPS) is 14.6. The summed E-state index contributed by atoms with van der Waals surface area (Å²) in [6.07, 6.45) is 4.33. The van der Waals surface area contributed by atoms with E-state index in [2.05, 4.69) is 32.3 Å². The van der Waals surface area contributed by atoms with E-state index in [0.717, 1.165) is 29.6 Å². The molecule has 6 heteroatoms. The van der Waals surface area contributed by atoms with Crippen LogP contribution in [0.25, 0.3) is 0 Å². The molecule has 0 heterocycles. The predicted octanol–water partition coefficient (Wildman–Crippen LogP) is 3.08. The molecule has 1 saturated carbocycles. The van der Waals surface area contributed by atoms with Crippen molar-refractivity contribution in [2.24, 2.45) is 10.7 Å². The fraction of sp³-hybridized carbons (Fsp3) is 0.500. The fourth-order valence-electron chi connectivity index (χ4n) is 1.88. The van der Waals surface area contributed by atoms with Crippen molar-refractivity contribution < 1.29 is 4.74 Å². The molecule has 0 unspecified atom stereocenters. The molecule has 0 atom stereocenters. The van der Waals surface area contributed by atoms with Crippen LogP contribution in [0.4, 0.5) is 0 Å². The van der Waals surface area contributed by atoms with Crippen molar-refractivity contribution in [3.63, 3.8) is 0 Å². The number of guanidine groups is 1. The van der Waals surface area contributed by atoms with Crippen molar-refractivity contribution in [1.29, 1.82) is 0 Å². The zero-order valence-corrected chi connectivity index (χ0v) is 15.5. The number of nitrogens with one attached hydrogen (secondary N) is 1. The van der Waals surface area contributed by atoms with E-state index in [1.807, 2.05) is 12.1 Å². The van der Waals surface area contributed by atoms with Gasteiger partial charge in [-0.25, -0.2) is 0 Å². The highest BCUT2D eigenvalue weighted by Gasteiger charge is 2.21. The molecule has 1 aliphatic carbocycles. The molecule has 3 N–H and O–H groups in total. The lowest BCUT2D eigenvalue weighted by Crippen LogP contribution is -2.33. The topological polar surface area (TPSA) is 59.6 Å². The Morgan fingerprint density at radius 2 is 2.25 bits per heavy atom. The summed E-state index contributed by atoms with van der Waals surface area (Å²) in [7, 11) is 1.70. The van der Waals surface area contributed by atoms with Crippen LogP contribution in [0.3, 0.4) is 0 Å². The van der Waals surface area contributed by atoms with E-state index in [4.69, 9.17) is 10.5 Å². The van der Waals surface area contributed by atoms with Crippen LogP contribution in [-0.4, -0.2) is 25.7 Å². The molecule has 0 radical (unpaired) electrons. The number of hydrogen-bond acceptors (Lipinski definition) is 2. The summed E-state index contributed by atoms with van der Waals surface area (Å²) in [6, 6.07) is 6.67. The zero-order chi connectivity index (χ0) is 13.7.